The van der Waals surface area contributed by atoms with E-state index >= 15 is 0 Å². The van der Waals surface area contributed by atoms with Gasteiger partial charge in [0.1, 0.15) is 5.52 Å². The van der Waals surface area contributed by atoms with Gasteiger partial charge in [-0.2, -0.15) is 4.68 Å². The van der Waals surface area contributed by atoms with Gasteiger partial charge in [0.15, 0.2) is 6.54 Å². The van der Waals surface area contributed by atoms with Crippen molar-refractivity contribution in [1.29, 1.82) is 0 Å². The van der Waals surface area contributed by atoms with Crippen LogP contribution < -0.4 is 4.68 Å². The SMILES string of the molecule is CCC[n+]1cc2ccccc2n1C. The molecule has 0 fully saturated rings. The molecule has 0 saturated carbocycles. The second-order valence-electron chi connectivity index (χ2n) is 3.37. The Morgan fingerprint density at radius 2 is 2.08 bits per heavy atom. The van der Waals surface area contributed by atoms with E-state index in [2.05, 4.69) is 53.8 Å². The van der Waals surface area contributed by atoms with E-state index in [-0.39, 0.29) is 0 Å². The number of hydrogen-bond acceptors (Lipinski definition) is 0. The van der Waals surface area contributed by atoms with Crippen LogP contribution in [0.3, 0.4) is 0 Å². The topological polar surface area (TPSA) is 8.81 Å². The van der Waals surface area contributed by atoms with Crippen LogP contribution in [0, 0.1) is 0 Å². The molecule has 0 unspecified atom stereocenters. The molecule has 2 nitrogen and oxygen atoms in total. The van der Waals surface area contributed by atoms with E-state index in [9.17, 15) is 0 Å². The number of rotatable bonds is 2. The van der Waals surface area contributed by atoms with Crippen LogP contribution in [0.1, 0.15) is 13.3 Å². The molecule has 68 valence electrons. The first-order chi connectivity index (χ1) is 6.33. The molecule has 2 aromatic rings. The van der Waals surface area contributed by atoms with Crippen LogP contribution in [0.25, 0.3) is 10.9 Å². The Labute approximate surface area is 78.4 Å². The number of para-hydroxylation sites is 1. The Bertz CT molecular complexity index is 415. The summed E-state index contributed by atoms with van der Waals surface area (Å²) in [5.41, 5.74) is 1.30. The van der Waals surface area contributed by atoms with Crippen molar-refractivity contribution in [2.45, 2.75) is 19.9 Å². The minimum absolute atomic E-state index is 1.09. The third kappa shape index (κ3) is 1.32. The Morgan fingerprint density at radius 3 is 2.77 bits per heavy atom. The van der Waals surface area contributed by atoms with Gasteiger partial charge in [0.05, 0.1) is 12.4 Å². The number of nitrogens with zero attached hydrogens (tertiary/aromatic N) is 2. The van der Waals surface area contributed by atoms with Crippen molar-refractivity contribution in [2.75, 3.05) is 0 Å². The number of fused-ring (bicyclic) bond motifs is 1. The van der Waals surface area contributed by atoms with Gasteiger partial charge in [-0.15, -0.1) is 4.68 Å². The Hall–Kier alpha value is -1.31. The van der Waals surface area contributed by atoms with Crippen LogP contribution in [0.4, 0.5) is 0 Å². The summed E-state index contributed by atoms with van der Waals surface area (Å²) in [6.07, 6.45) is 3.38. The van der Waals surface area contributed by atoms with Crippen LogP contribution in [-0.4, -0.2) is 4.68 Å². The number of aromatic nitrogens is 2. The lowest BCUT2D eigenvalue weighted by molar-refractivity contribution is -0.770. The van der Waals surface area contributed by atoms with Crippen molar-refractivity contribution >= 4 is 10.9 Å². The molecule has 13 heavy (non-hydrogen) atoms. The summed E-state index contributed by atoms with van der Waals surface area (Å²) >= 11 is 0. The van der Waals surface area contributed by atoms with Crippen LogP contribution in [0.15, 0.2) is 30.5 Å². The fraction of sp³-hybridized carbons (Fsp3) is 0.364. The summed E-state index contributed by atoms with van der Waals surface area (Å²) in [6, 6.07) is 8.47. The maximum atomic E-state index is 2.25. The minimum Gasteiger partial charge on any atom is -0.156 e. The van der Waals surface area contributed by atoms with Gasteiger partial charge < -0.3 is 0 Å². The lowest BCUT2D eigenvalue weighted by Gasteiger charge is -1.94. The van der Waals surface area contributed by atoms with Gasteiger partial charge in [0.25, 0.3) is 0 Å². The second-order valence-corrected chi connectivity index (χ2v) is 3.37. The Kier molecular flexibility index (Phi) is 2.05. The fourth-order valence-corrected chi connectivity index (χ4v) is 1.72. The quantitative estimate of drug-likeness (QED) is 0.616. The van der Waals surface area contributed by atoms with Crippen molar-refractivity contribution in [1.82, 2.24) is 4.68 Å². The molecule has 1 heterocycles. The highest BCUT2D eigenvalue weighted by Gasteiger charge is 2.09. The van der Waals surface area contributed by atoms with Gasteiger partial charge in [-0.05, 0) is 12.1 Å². The van der Waals surface area contributed by atoms with Crippen molar-refractivity contribution in [3.8, 4) is 0 Å². The molecule has 0 radical (unpaired) electrons. The number of aryl methyl sites for hydroxylation is 2. The minimum atomic E-state index is 1.09. The molecular formula is C11H15N2+. The maximum Gasteiger partial charge on any atom is 0.203 e. The smallest absolute Gasteiger partial charge is 0.156 e. The second kappa shape index (κ2) is 3.21. The molecule has 0 aliphatic heterocycles. The van der Waals surface area contributed by atoms with Crippen LogP contribution >= 0.6 is 0 Å². The standard InChI is InChI=1S/C11H15N2/c1-3-8-13-9-10-6-4-5-7-11(10)12(13)2/h4-7,9H,3,8H2,1-2H3/q+1. The van der Waals surface area contributed by atoms with Gasteiger partial charge in [-0.1, -0.05) is 19.1 Å². The Morgan fingerprint density at radius 1 is 1.31 bits per heavy atom. The van der Waals surface area contributed by atoms with Crippen molar-refractivity contribution in [2.24, 2.45) is 7.05 Å². The maximum absolute atomic E-state index is 2.25. The molecule has 1 aromatic heterocycles. The third-order valence-corrected chi connectivity index (χ3v) is 2.41. The van der Waals surface area contributed by atoms with Crippen molar-refractivity contribution in [3.05, 3.63) is 30.5 Å². The predicted octanol–water partition coefficient (Wildman–Crippen LogP) is 1.88. The van der Waals surface area contributed by atoms with E-state index in [4.69, 9.17) is 0 Å². The van der Waals surface area contributed by atoms with E-state index in [1.165, 1.54) is 17.3 Å². The molecule has 0 aliphatic carbocycles. The molecule has 0 bridgehead atoms. The molecule has 2 heteroatoms. The van der Waals surface area contributed by atoms with E-state index in [1.807, 2.05) is 0 Å². The third-order valence-electron chi connectivity index (χ3n) is 2.41. The van der Waals surface area contributed by atoms with Gasteiger partial charge in [0, 0.05) is 6.42 Å². The summed E-state index contributed by atoms with van der Waals surface area (Å²) in [5, 5.41) is 1.32. The first-order valence-electron chi connectivity index (χ1n) is 4.77. The molecule has 2 rings (SSSR count). The molecule has 0 atom stereocenters. The summed E-state index contributed by atoms with van der Waals surface area (Å²) in [6.45, 7) is 3.29. The summed E-state index contributed by atoms with van der Waals surface area (Å²) < 4.78 is 4.46. The zero-order valence-corrected chi connectivity index (χ0v) is 8.20. The van der Waals surface area contributed by atoms with Gasteiger partial charge in [-0.3, -0.25) is 0 Å². The van der Waals surface area contributed by atoms with Crippen LogP contribution in [0.5, 0.6) is 0 Å². The first kappa shape index (κ1) is 8.30. The van der Waals surface area contributed by atoms with E-state index in [1.54, 1.807) is 0 Å². The predicted molar refractivity (Wildman–Crippen MR) is 53.4 cm³/mol. The summed E-state index contributed by atoms with van der Waals surface area (Å²) in [5.74, 6) is 0. The first-order valence-corrected chi connectivity index (χ1v) is 4.77. The normalized spacial score (nSPS) is 10.9. The van der Waals surface area contributed by atoms with Gasteiger partial charge in [0.2, 0.25) is 6.20 Å². The van der Waals surface area contributed by atoms with Crippen LogP contribution in [0.2, 0.25) is 0 Å². The van der Waals surface area contributed by atoms with E-state index < -0.39 is 0 Å². The number of hydrogen-bond donors (Lipinski definition) is 0. The molecule has 0 spiro atoms. The molecule has 0 saturated heterocycles. The lowest BCUT2D eigenvalue weighted by atomic mass is 10.3. The molecule has 0 aliphatic rings. The summed E-state index contributed by atoms with van der Waals surface area (Å²) in [4.78, 5) is 0. The lowest BCUT2D eigenvalue weighted by Crippen LogP contribution is -2.40. The molecule has 0 amide bonds. The zero-order valence-electron chi connectivity index (χ0n) is 8.20. The average Bonchev–Trinajstić information content (AvgIpc) is 2.46. The highest BCUT2D eigenvalue weighted by atomic mass is 15.4. The highest BCUT2D eigenvalue weighted by Crippen LogP contribution is 2.09. The highest BCUT2D eigenvalue weighted by molar-refractivity contribution is 5.76. The van der Waals surface area contributed by atoms with E-state index in [0.717, 1.165) is 6.54 Å². The van der Waals surface area contributed by atoms with E-state index in [0.29, 0.717) is 0 Å². The molecule has 0 N–H and O–H groups in total. The van der Waals surface area contributed by atoms with Crippen molar-refractivity contribution in [3.63, 3.8) is 0 Å². The molecule has 1 aromatic carbocycles. The largest absolute Gasteiger partial charge is 0.203 e. The number of benzene rings is 1. The van der Waals surface area contributed by atoms with Crippen molar-refractivity contribution < 1.29 is 4.68 Å². The zero-order chi connectivity index (χ0) is 9.26. The average molecular weight is 175 g/mol. The fourth-order valence-electron chi connectivity index (χ4n) is 1.72. The van der Waals surface area contributed by atoms with Gasteiger partial charge in [-0.25, -0.2) is 0 Å². The Balaban J connectivity index is 2.60. The van der Waals surface area contributed by atoms with Crippen LogP contribution in [-0.2, 0) is 13.6 Å². The van der Waals surface area contributed by atoms with Gasteiger partial charge >= 0.3 is 0 Å². The molecular weight excluding hydrogens is 160 g/mol. The summed E-state index contributed by atoms with van der Waals surface area (Å²) in [7, 11) is 2.11. The monoisotopic (exact) mass is 175 g/mol.